The van der Waals surface area contributed by atoms with Crippen molar-refractivity contribution in [3.8, 4) is 22.5 Å². The molecular weight excluding hydrogens is 340 g/mol. The molecule has 0 spiro atoms. The lowest BCUT2D eigenvalue weighted by Gasteiger charge is -2.40. The van der Waals surface area contributed by atoms with Crippen LogP contribution in [0.4, 0.5) is 5.69 Å². The number of anilines is 1. The summed E-state index contributed by atoms with van der Waals surface area (Å²) in [5.74, 6) is 0. The fourth-order valence-corrected chi connectivity index (χ4v) is 4.43. The number of thiol groups is 1. The number of aromatic nitrogens is 3. The van der Waals surface area contributed by atoms with Crippen LogP contribution in [0.1, 0.15) is 26.3 Å². The van der Waals surface area contributed by atoms with Gasteiger partial charge < -0.3 is 4.90 Å². The normalized spacial score (nSPS) is 14.0. The van der Waals surface area contributed by atoms with Crippen molar-refractivity contribution in [1.82, 2.24) is 14.4 Å². The number of rotatable bonds is 1. The number of fused-ring (bicyclic) bond motifs is 5. The van der Waals surface area contributed by atoms with Crippen molar-refractivity contribution >= 4 is 16.8 Å². The van der Waals surface area contributed by atoms with Crippen LogP contribution in [-0.4, -0.2) is 32.4 Å². The molecule has 0 bridgehead atoms. The van der Waals surface area contributed by atoms with Gasteiger partial charge in [-0.2, -0.15) is 11.1 Å². The third kappa shape index (κ3) is 2.71. The minimum atomic E-state index is -0.425. The number of para-hydroxylation sites is 1. The highest BCUT2D eigenvalue weighted by atomic mass is 32.2. The van der Waals surface area contributed by atoms with Gasteiger partial charge in [-0.1, -0.05) is 47.7 Å². The lowest BCUT2D eigenvalue weighted by Crippen LogP contribution is -2.41. The summed E-state index contributed by atoms with van der Waals surface area (Å²) in [5.41, 5.74) is 7.08. The Labute approximate surface area is 158 Å². The topological polar surface area (TPSA) is 34.0 Å². The zero-order valence-corrected chi connectivity index (χ0v) is 17.0. The van der Waals surface area contributed by atoms with E-state index in [2.05, 4.69) is 101 Å². The standard InChI is InChI=1S/C21H26N4S/c1-21(2,3)24-14-15-10-6-7-11-16(15)19-20(25(23-22-19)26(4)5)17-12-8-9-13-18(17)24/h6-13,26H,14H2,1-5H3. The first-order valence-electron chi connectivity index (χ1n) is 8.96. The van der Waals surface area contributed by atoms with Crippen molar-refractivity contribution < 1.29 is 0 Å². The monoisotopic (exact) mass is 366 g/mol. The lowest BCUT2D eigenvalue weighted by molar-refractivity contribution is 0.501. The van der Waals surface area contributed by atoms with Crippen molar-refractivity contribution in [3.63, 3.8) is 0 Å². The van der Waals surface area contributed by atoms with E-state index in [1.54, 1.807) is 0 Å². The van der Waals surface area contributed by atoms with Crippen LogP contribution in [0.3, 0.4) is 0 Å². The average molecular weight is 367 g/mol. The Hall–Kier alpha value is -2.27. The maximum atomic E-state index is 4.62. The molecular formula is C21H26N4S. The molecule has 1 aliphatic rings. The van der Waals surface area contributed by atoms with Gasteiger partial charge in [-0.25, -0.2) is 4.09 Å². The number of hydrogen-bond donors (Lipinski definition) is 1. The highest BCUT2D eigenvalue weighted by Crippen LogP contribution is 2.44. The second-order valence-corrected chi connectivity index (χ2v) is 10.0. The Bertz CT molecular complexity index is 953. The van der Waals surface area contributed by atoms with E-state index in [9.17, 15) is 0 Å². The van der Waals surface area contributed by atoms with Crippen LogP contribution < -0.4 is 4.90 Å². The minimum Gasteiger partial charge on any atom is -0.362 e. The summed E-state index contributed by atoms with van der Waals surface area (Å²) >= 11 is -0.425. The molecule has 1 aliphatic heterocycles. The Morgan fingerprint density at radius 2 is 1.58 bits per heavy atom. The molecule has 4 nitrogen and oxygen atoms in total. The van der Waals surface area contributed by atoms with E-state index >= 15 is 0 Å². The first-order valence-corrected chi connectivity index (χ1v) is 11.2. The maximum absolute atomic E-state index is 4.62. The first-order chi connectivity index (χ1) is 12.4. The van der Waals surface area contributed by atoms with Gasteiger partial charge in [0.15, 0.2) is 0 Å². The molecule has 2 heterocycles. The molecule has 136 valence electrons. The molecule has 0 aliphatic carbocycles. The number of nitrogens with zero attached hydrogens (tertiary/aromatic N) is 4. The summed E-state index contributed by atoms with van der Waals surface area (Å²) in [6.45, 7) is 7.68. The predicted molar refractivity (Wildman–Crippen MR) is 113 cm³/mol. The van der Waals surface area contributed by atoms with Gasteiger partial charge in [0.2, 0.25) is 0 Å². The second-order valence-electron chi connectivity index (χ2n) is 7.95. The molecule has 3 aromatic rings. The van der Waals surface area contributed by atoms with E-state index in [4.69, 9.17) is 0 Å². The molecule has 0 saturated carbocycles. The molecule has 0 fully saturated rings. The van der Waals surface area contributed by atoms with E-state index in [-0.39, 0.29) is 5.54 Å². The molecule has 0 atom stereocenters. The quantitative estimate of drug-likeness (QED) is 0.631. The van der Waals surface area contributed by atoms with Gasteiger partial charge in [-0.3, -0.25) is 0 Å². The summed E-state index contributed by atoms with van der Waals surface area (Å²) in [4.78, 5) is 2.50. The summed E-state index contributed by atoms with van der Waals surface area (Å²) in [6, 6.07) is 17.3. The van der Waals surface area contributed by atoms with Gasteiger partial charge >= 0.3 is 0 Å². The molecule has 0 radical (unpaired) electrons. The zero-order chi connectivity index (χ0) is 18.5. The fraction of sp³-hybridized carbons (Fsp3) is 0.333. The molecule has 5 heteroatoms. The van der Waals surface area contributed by atoms with Crippen LogP contribution >= 0.6 is 11.1 Å². The maximum Gasteiger partial charge on any atom is 0.122 e. The van der Waals surface area contributed by atoms with Crippen molar-refractivity contribution in [2.24, 2.45) is 0 Å². The molecule has 0 saturated heterocycles. The van der Waals surface area contributed by atoms with Gasteiger partial charge in [0.25, 0.3) is 0 Å². The molecule has 26 heavy (non-hydrogen) atoms. The van der Waals surface area contributed by atoms with Crippen LogP contribution in [0.25, 0.3) is 22.5 Å². The van der Waals surface area contributed by atoms with Gasteiger partial charge in [0, 0.05) is 28.9 Å². The smallest absolute Gasteiger partial charge is 0.122 e. The first kappa shape index (κ1) is 17.2. The average Bonchev–Trinajstić information content (AvgIpc) is 3.02. The molecule has 4 rings (SSSR count). The van der Waals surface area contributed by atoms with Crippen LogP contribution in [0.2, 0.25) is 0 Å². The minimum absolute atomic E-state index is 0.00214. The van der Waals surface area contributed by atoms with E-state index in [0.717, 1.165) is 17.9 Å². The van der Waals surface area contributed by atoms with E-state index in [1.807, 2.05) is 0 Å². The van der Waals surface area contributed by atoms with Crippen LogP contribution in [0.5, 0.6) is 0 Å². The highest BCUT2D eigenvalue weighted by molar-refractivity contribution is 8.14. The lowest BCUT2D eigenvalue weighted by atomic mass is 9.93. The number of hydrogen-bond acceptors (Lipinski definition) is 3. The van der Waals surface area contributed by atoms with Crippen molar-refractivity contribution in [1.29, 1.82) is 0 Å². The Morgan fingerprint density at radius 1 is 0.923 bits per heavy atom. The van der Waals surface area contributed by atoms with E-state index in [1.165, 1.54) is 22.4 Å². The fourth-order valence-electron chi connectivity index (χ4n) is 3.62. The van der Waals surface area contributed by atoms with Gasteiger partial charge in [0.1, 0.15) is 11.4 Å². The Morgan fingerprint density at radius 3 is 2.27 bits per heavy atom. The summed E-state index contributed by atoms with van der Waals surface area (Å²) in [6.07, 6.45) is 4.44. The molecule has 0 amide bonds. The summed E-state index contributed by atoms with van der Waals surface area (Å²) < 4.78 is 2.12. The Kier molecular flexibility index (Phi) is 4.07. The van der Waals surface area contributed by atoms with Crippen LogP contribution in [0.15, 0.2) is 48.5 Å². The third-order valence-corrected chi connectivity index (χ3v) is 5.93. The molecule has 2 aromatic carbocycles. The van der Waals surface area contributed by atoms with E-state index in [0.29, 0.717) is 0 Å². The summed E-state index contributed by atoms with van der Waals surface area (Å²) in [5, 5.41) is 9.16. The van der Waals surface area contributed by atoms with Crippen LogP contribution in [-0.2, 0) is 6.54 Å². The third-order valence-electron chi connectivity index (χ3n) is 4.89. The highest BCUT2D eigenvalue weighted by Gasteiger charge is 2.31. The largest absolute Gasteiger partial charge is 0.362 e. The molecule has 0 unspecified atom stereocenters. The van der Waals surface area contributed by atoms with Gasteiger partial charge in [-0.05, 0) is 44.9 Å². The second kappa shape index (κ2) is 6.16. The summed E-state index contributed by atoms with van der Waals surface area (Å²) in [7, 11) is 0. The zero-order valence-electron chi connectivity index (χ0n) is 16.1. The van der Waals surface area contributed by atoms with E-state index < -0.39 is 11.1 Å². The number of benzene rings is 2. The van der Waals surface area contributed by atoms with Gasteiger partial charge in [0.05, 0.1) is 0 Å². The molecule has 1 aromatic heterocycles. The Balaban J connectivity index is 2.11. The van der Waals surface area contributed by atoms with Gasteiger partial charge in [-0.15, -0.1) is 5.10 Å². The van der Waals surface area contributed by atoms with Crippen molar-refractivity contribution in [3.05, 3.63) is 54.1 Å². The molecule has 0 N–H and O–H groups in total. The predicted octanol–water partition coefficient (Wildman–Crippen LogP) is 4.75. The van der Waals surface area contributed by atoms with Crippen molar-refractivity contribution in [2.45, 2.75) is 32.9 Å². The van der Waals surface area contributed by atoms with Crippen LogP contribution in [0, 0.1) is 0 Å². The SMILES string of the molecule is C[SH](C)n1nnc2c1-c1ccccc1N(C(C)(C)C)Cc1ccccc1-2. The van der Waals surface area contributed by atoms with Crippen molar-refractivity contribution in [2.75, 3.05) is 17.4 Å².